The van der Waals surface area contributed by atoms with E-state index in [0.717, 1.165) is 45.0 Å². The number of nitrogens with zero attached hydrogens (tertiary/aromatic N) is 2. The minimum Gasteiger partial charge on any atom is -0.392 e. The minimum absolute atomic E-state index is 0.114. The van der Waals surface area contributed by atoms with Gasteiger partial charge in [0, 0.05) is 38.2 Å². The average Bonchev–Trinajstić information content (AvgIpc) is 3.19. The normalized spacial score (nSPS) is 34.2. The summed E-state index contributed by atoms with van der Waals surface area (Å²) in [7, 11) is -2.88. The van der Waals surface area contributed by atoms with E-state index in [1.807, 2.05) is 0 Å². The number of aliphatic hydroxyl groups is 1. The molecule has 3 aliphatic rings. The molecule has 2 N–H and O–H groups in total. The third-order valence-corrected chi connectivity index (χ3v) is 7.65. The second-order valence-electron chi connectivity index (χ2n) is 8.66. The highest BCUT2D eigenvalue weighted by molar-refractivity contribution is 7.91. The van der Waals surface area contributed by atoms with Crippen LogP contribution in [0.1, 0.15) is 39.5 Å². The van der Waals surface area contributed by atoms with Gasteiger partial charge in [-0.2, -0.15) is 0 Å². The molecule has 3 atom stereocenters. The van der Waals surface area contributed by atoms with Gasteiger partial charge >= 0.3 is 0 Å². The standard InChI is InChI=1S/C18H33N3O4S/c1-18(2)13-21(7-5-16(18)22)17(20-11-15-4-3-8-25-15)19-10-14-6-9-26(23,24)12-14/h14-16,22H,3-13H2,1-2H3,(H,19,20). The van der Waals surface area contributed by atoms with E-state index in [1.54, 1.807) is 0 Å². The Morgan fingerprint density at radius 3 is 2.77 bits per heavy atom. The lowest BCUT2D eigenvalue weighted by atomic mass is 9.81. The quantitative estimate of drug-likeness (QED) is 0.543. The molecule has 0 aromatic carbocycles. The number of hydrogen-bond acceptors (Lipinski definition) is 5. The zero-order valence-electron chi connectivity index (χ0n) is 16.0. The molecule has 3 heterocycles. The second-order valence-corrected chi connectivity index (χ2v) is 10.9. The molecule has 3 fully saturated rings. The molecule has 0 aromatic heterocycles. The van der Waals surface area contributed by atoms with Gasteiger partial charge in [0.15, 0.2) is 15.8 Å². The number of sulfone groups is 1. The molecule has 3 rings (SSSR count). The molecule has 7 nitrogen and oxygen atoms in total. The van der Waals surface area contributed by atoms with Gasteiger partial charge < -0.3 is 20.1 Å². The fourth-order valence-electron chi connectivity index (χ4n) is 4.04. The van der Waals surface area contributed by atoms with Crippen molar-refractivity contribution < 1.29 is 18.3 Å². The lowest BCUT2D eigenvalue weighted by Crippen LogP contribution is -2.54. The Hall–Kier alpha value is -0.860. The summed E-state index contributed by atoms with van der Waals surface area (Å²) in [6, 6.07) is 0. The van der Waals surface area contributed by atoms with E-state index in [9.17, 15) is 13.5 Å². The summed E-state index contributed by atoms with van der Waals surface area (Å²) in [5.74, 6) is 1.47. The van der Waals surface area contributed by atoms with Crippen LogP contribution in [0.5, 0.6) is 0 Å². The molecule has 0 aromatic rings. The summed E-state index contributed by atoms with van der Waals surface area (Å²) in [5.41, 5.74) is -0.193. The maximum absolute atomic E-state index is 11.7. The van der Waals surface area contributed by atoms with Crippen LogP contribution < -0.4 is 5.32 Å². The van der Waals surface area contributed by atoms with Gasteiger partial charge in [0.25, 0.3) is 0 Å². The van der Waals surface area contributed by atoms with E-state index in [-0.39, 0.29) is 35.0 Å². The number of hydrogen-bond donors (Lipinski definition) is 2. The van der Waals surface area contributed by atoms with Crippen molar-refractivity contribution in [3.63, 3.8) is 0 Å². The Balaban J connectivity index is 1.65. The Kier molecular flexibility index (Phi) is 6.14. The molecular weight excluding hydrogens is 354 g/mol. The minimum atomic E-state index is -2.88. The lowest BCUT2D eigenvalue weighted by molar-refractivity contribution is -0.00528. The first kappa shape index (κ1) is 19.9. The number of ether oxygens (including phenoxy) is 1. The Morgan fingerprint density at radius 2 is 2.15 bits per heavy atom. The molecule has 0 amide bonds. The first-order valence-electron chi connectivity index (χ1n) is 9.78. The van der Waals surface area contributed by atoms with Crippen LogP contribution in [0.4, 0.5) is 0 Å². The molecule has 3 saturated heterocycles. The Bertz CT molecular complexity index is 614. The van der Waals surface area contributed by atoms with Crippen molar-refractivity contribution in [2.24, 2.45) is 16.3 Å². The van der Waals surface area contributed by atoms with Crippen molar-refractivity contribution in [2.75, 3.05) is 44.3 Å². The molecule has 0 aliphatic carbocycles. The van der Waals surface area contributed by atoms with Gasteiger partial charge in [0.2, 0.25) is 0 Å². The zero-order valence-corrected chi connectivity index (χ0v) is 16.8. The molecule has 0 spiro atoms. The van der Waals surface area contributed by atoms with Crippen molar-refractivity contribution in [3.8, 4) is 0 Å². The average molecular weight is 388 g/mol. The van der Waals surface area contributed by atoms with Gasteiger partial charge in [-0.3, -0.25) is 4.99 Å². The van der Waals surface area contributed by atoms with Gasteiger partial charge in [0.1, 0.15) is 0 Å². The summed E-state index contributed by atoms with van der Waals surface area (Å²) in [4.78, 5) is 6.98. The van der Waals surface area contributed by atoms with E-state index in [0.29, 0.717) is 19.4 Å². The van der Waals surface area contributed by atoms with Gasteiger partial charge in [-0.15, -0.1) is 0 Å². The molecule has 0 saturated carbocycles. The second kappa shape index (κ2) is 8.02. The third kappa shape index (κ3) is 5.10. The van der Waals surface area contributed by atoms with Crippen LogP contribution in [0.3, 0.4) is 0 Å². The summed E-state index contributed by atoms with van der Waals surface area (Å²) in [6.45, 7) is 7.71. The van der Waals surface area contributed by atoms with Crippen LogP contribution in [0, 0.1) is 11.3 Å². The van der Waals surface area contributed by atoms with Crippen LogP contribution in [-0.2, 0) is 14.6 Å². The number of rotatable bonds is 4. The van der Waals surface area contributed by atoms with E-state index in [2.05, 4.69) is 24.1 Å². The zero-order chi connectivity index (χ0) is 18.8. The van der Waals surface area contributed by atoms with Crippen LogP contribution in [0.25, 0.3) is 0 Å². The molecular formula is C18H33N3O4S. The maximum atomic E-state index is 11.7. The topological polar surface area (TPSA) is 91.2 Å². The fourth-order valence-corrected chi connectivity index (χ4v) is 5.89. The first-order valence-corrected chi connectivity index (χ1v) is 11.6. The largest absolute Gasteiger partial charge is 0.392 e. The molecule has 0 bridgehead atoms. The molecule has 26 heavy (non-hydrogen) atoms. The van der Waals surface area contributed by atoms with Crippen molar-refractivity contribution in [1.82, 2.24) is 10.2 Å². The van der Waals surface area contributed by atoms with Gasteiger partial charge in [-0.05, 0) is 31.6 Å². The van der Waals surface area contributed by atoms with E-state index < -0.39 is 9.84 Å². The summed E-state index contributed by atoms with van der Waals surface area (Å²) < 4.78 is 29.1. The maximum Gasteiger partial charge on any atom is 0.194 e. The van der Waals surface area contributed by atoms with Crippen LogP contribution in [0.15, 0.2) is 4.99 Å². The third-order valence-electron chi connectivity index (χ3n) is 5.81. The predicted octanol–water partition coefficient (Wildman–Crippen LogP) is 0.639. The molecule has 3 unspecified atom stereocenters. The van der Waals surface area contributed by atoms with Gasteiger partial charge in [-0.25, -0.2) is 8.42 Å². The van der Waals surface area contributed by atoms with Crippen LogP contribution >= 0.6 is 0 Å². The van der Waals surface area contributed by atoms with Crippen molar-refractivity contribution in [3.05, 3.63) is 0 Å². The van der Waals surface area contributed by atoms with E-state index >= 15 is 0 Å². The van der Waals surface area contributed by atoms with Crippen LogP contribution in [-0.4, -0.2) is 80.9 Å². The SMILES string of the molecule is CC1(C)CN(C(=NCC2CCS(=O)(=O)C2)NCC2CCCO2)CCC1O. The number of aliphatic imine (C=N–C) groups is 1. The Morgan fingerprint density at radius 1 is 1.35 bits per heavy atom. The Labute approximate surface area is 157 Å². The molecule has 3 aliphatic heterocycles. The molecule has 0 radical (unpaired) electrons. The molecule has 150 valence electrons. The van der Waals surface area contributed by atoms with Crippen molar-refractivity contribution in [1.29, 1.82) is 0 Å². The highest BCUT2D eigenvalue weighted by atomic mass is 32.2. The number of piperidine rings is 1. The van der Waals surface area contributed by atoms with Crippen LogP contribution in [0.2, 0.25) is 0 Å². The number of aliphatic hydroxyl groups excluding tert-OH is 1. The highest BCUT2D eigenvalue weighted by Crippen LogP contribution is 2.29. The number of guanidine groups is 1. The van der Waals surface area contributed by atoms with Crippen molar-refractivity contribution >= 4 is 15.8 Å². The van der Waals surface area contributed by atoms with Gasteiger partial charge in [0.05, 0.1) is 23.7 Å². The summed E-state index contributed by atoms with van der Waals surface area (Å²) >= 11 is 0. The van der Waals surface area contributed by atoms with Crippen molar-refractivity contribution in [2.45, 2.75) is 51.7 Å². The van der Waals surface area contributed by atoms with Gasteiger partial charge in [-0.1, -0.05) is 13.8 Å². The molecule has 8 heteroatoms. The smallest absolute Gasteiger partial charge is 0.194 e. The number of nitrogens with one attached hydrogen (secondary N) is 1. The lowest BCUT2D eigenvalue weighted by Gasteiger charge is -2.43. The summed E-state index contributed by atoms with van der Waals surface area (Å²) in [5, 5.41) is 13.7. The predicted molar refractivity (Wildman–Crippen MR) is 102 cm³/mol. The summed E-state index contributed by atoms with van der Waals surface area (Å²) in [6.07, 6.45) is 3.49. The van der Waals surface area contributed by atoms with E-state index in [4.69, 9.17) is 9.73 Å². The fraction of sp³-hybridized carbons (Fsp3) is 0.944. The monoisotopic (exact) mass is 387 g/mol. The number of likely N-dealkylation sites (tertiary alicyclic amines) is 1. The van der Waals surface area contributed by atoms with E-state index in [1.165, 1.54) is 0 Å². The first-order chi connectivity index (χ1) is 12.3. The highest BCUT2D eigenvalue weighted by Gasteiger charge is 2.36.